The summed E-state index contributed by atoms with van der Waals surface area (Å²) in [4.78, 5) is 4.18. The number of fused-ring (bicyclic) bond motifs is 2. The van der Waals surface area contributed by atoms with Crippen molar-refractivity contribution in [1.82, 2.24) is 10.3 Å². The Kier molecular flexibility index (Phi) is 4.24. The first-order chi connectivity index (χ1) is 12.5. The monoisotopic (exact) mass is 363 g/mol. The number of benzene rings is 2. The van der Waals surface area contributed by atoms with Crippen molar-refractivity contribution in [1.29, 1.82) is 0 Å². The van der Waals surface area contributed by atoms with Crippen molar-refractivity contribution in [3.05, 3.63) is 66.5 Å². The van der Waals surface area contributed by atoms with Gasteiger partial charge in [-0.05, 0) is 44.3 Å². The number of rotatable bonds is 2. The summed E-state index contributed by atoms with van der Waals surface area (Å²) in [5, 5.41) is 9.59. The van der Waals surface area contributed by atoms with Crippen LogP contribution in [-0.4, -0.2) is 15.7 Å². The first kappa shape index (κ1) is 16.8. The summed E-state index contributed by atoms with van der Waals surface area (Å²) in [5.74, 6) is 0.917. The van der Waals surface area contributed by atoms with E-state index in [-0.39, 0.29) is 11.6 Å². The lowest BCUT2D eigenvalue weighted by atomic mass is 9.90. The first-order valence-electron chi connectivity index (χ1n) is 8.70. The van der Waals surface area contributed by atoms with Gasteiger partial charge in [-0.15, -0.1) is 0 Å². The van der Waals surface area contributed by atoms with Crippen LogP contribution in [0.25, 0.3) is 10.8 Å². The fourth-order valence-electron chi connectivity index (χ4n) is 3.48. The molecule has 4 nitrogen and oxygen atoms in total. The summed E-state index contributed by atoms with van der Waals surface area (Å²) in [7, 11) is 0. The highest BCUT2D eigenvalue weighted by molar-refractivity contribution is 7.80. The highest BCUT2D eigenvalue weighted by atomic mass is 32.1. The summed E-state index contributed by atoms with van der Waals surface area (Å²) in [6.45, 7) is 4.21. The van der Waals surface area contributed by atoms with Gasteiger partial charge in [0, 0.05) is 40.8 Å². The predicted molar refractivity (Wildman–Crippen MR) is 110 cm³/mol. The largest absolute Gasteiger partial charge is 0.487 e. The van der Waals surface area contributed by atoms with Crippen molar-refractivity contribution in [3.63, 3.8) is 0 Å². The van der Waals surface area contributed by atoms with Gasteiger partial charge in [-0.3, -0.25) is 4.98 Å². The van der Waals surface area contributed by atoms with E-state index >= 15 is 0 Å². The maximum absolute atomic E-state index is 6.10. The van der Waals surface area contributed by atoms with Crippen LogP contribution in [0.5, 0.6) is 5.75 Å². The Bertz CT molecular complexity index is 965. The van der Waals surface area contributed by atoms with Crippen LogP contribution >= 0.6 is 12.2 Å². The van der Waals surface area contributed by atoms with E-state index < -0.39 is 0 Å². The smallest absolute Gasteiger partial charge is 0.171 e. The van der Waals surface area contributed by atoms with Crippen LogP contribution in [0.1, 0.15) is 31.9 Å². The zero-order chi connectivity index (χ0) is 18.1. The Hall–Kier alpha value is -2.66. The van der Waals surface area contributed by atoms with Crippen LogP contribution in [0.3, 0.4) is 0 Å². The molecule has 3 aromatic rings. The maximum atomic E-state index is 6.10. The van der Waals surface area contributed by atoms with Crippen molar-refractivity contribution >= 4 is 33.8 Å². The third kappa shape index (κ3) is 3.35. The molecule has 26 heavy (non-hydrogen) atoms. The summed E-state index contributed by atoms with van der Waals surface area (Å²) < 4.78 is 6.10. The van der Waals surface area contributed by atoms with E-state index in [9.17, 15) is 0 Å². The zero-order valence-corrected chi connectivity index (χ0v) is 15.6. The Labute approximate surface area is 158 Å². The van der Waals surface area contributed by atoms with Crippen molar-refractivity contribution in [3.8, 4) is 5.75 Å². The predicted octanol–water partition coefficient (Wildman–Crippen LogP) is 4.82. The van der Waals surface area contributed by atoms with Crippen molar-refractivity contribution in [2.45, 2.75) is 31.9 Å². The van der Waals surface area contributed by atoms with Crippen LogP contribution in [0.4, 0.5) is 5.69 Å². The lowest BCUT2D eigenvalue weighted by Gasteiger charge is -2.38. The fraction of sp³-hybridized carbons (Fsp3) is 0.238. The second-order valence-corrected chi connectivity index (χ2v) is 7.57. The van der Waals surface area contributed by atoms with E-state index in [1.54, 1.807) is 6.20 Å². The molecule has 1 unspecified atom stereocenters. The number of ether oxygens (including phenoxy) is 1. The molecule has 5 heteroatoms. The van der Waals surface area contributed by atoms with E-state index in [2.05, 4.69) is 35.5 Å². The number of anilines is 1. The van der Waals surface area contributed by atoms with Gasteiger partial charge in [0.05, 0.1) is 6.04 Å². The second kappa shape index (κ2) is 6.57. The first-order valence-corrected chi connectivity index (χ1v) is 9.11. The molecule has 2 N–H and O–H groups in total. The van der Waals surface area contributed by atoms with E-state index in [1.165, 1.54) is 0 Å². The normalized spacial score (nSPS) is 17.8. The number of aromatic nitrogens is 1. The molecule has 2 heterocycles. The Morgan fingerprint density at radius 2 is 2.00 bits per heavy atom. The summed E-state index contributed by atoms with van der Waals surface area (Å²) in [6, 6.07) is 16.3. The number of hydrogen-bond donors (Lipinski definition) is 2. The Morgan fingerprint density at radius 1 is 1.15 bits per heavy atom. The number of thiocarbonyl (C=S) groups is 1. The summed E-state index contributed by atoms with van der Waals surface area (Å²) in [5.41, 5.74) is 1.87. The molecule has 0 spiro atoms. The lowest BCUT2D eigenvalue weighted by Crippen LogP contribution is -2.42. The van der Waals surface area contributed by atoms with E-state index in [4.69, 9.17) is 17.0 Å². The maximum Gasteiger partial charge on any atom is 0.171 e. The minimum atomic E-state index is -0.243. The number of para-hydroxylation sites is 1. The molecule has 0 saturated heterocycles. The van der Waals surface area contributed by atoms with Crippen molar-refractivity contribution < 1.29 is 4.74 Å². The van der Waals surface area contributed by atoms with Gasteiger partial charge in [0.25, 0.3) is 0 Å². The Morgan fingerprint density at radius 3 is 2.88 bits per heavy atom. The zero-order valence-electron chi connectivity index (χ0n) is 14.8. The van der Waals surface area contributed by atoms with Crippen LogP contribution in [0.2, 0.25) is 0 Å². The SMILES string of the molecule is CC1(C)CC(NC(=S)Nc2cccc3cnccc23)c2ccccc2O1. The molecule has 132 valence electrons. The molecule has 0 aliphatic carbocycles. The second-order valence-electron chi connectivity index (χ2n) is 7.16. The van der Waals surface area contributed by atoms with Gasteiger partial charge in [-0.25, -0.2) is 0 Å². The molecule has 1 aromatic heterocycles. The molecule has 2 aromatic carbocycles. The summed E-state index contributed by atoms with van der Waals surface area (Å²) in [6.07, 6.45) is 4.49. The average molecular weight is 363 g/mol. The third-order valence-electron chi connectivity index (χ3n) is 4.61. The Balaban J connectivity index is 1.57. The molecule has 1 aliphatic rings. The minimum Gasteiger partial charge on any atom is -0.487 e. The highest BCUT2D eigenvalue weighted by Gasteiger charge is 2.33. The standard InChI is InChI=1S/C21H21N3OS/c1-21(2)12-18(16-7-3-4-9-19(16)25-21)24-20(26)23-17-8-5-6-14-13-22-11-10-15(14)17/h3-11,13,18H,12H2,1-2H3,(H2,23,24,26). The van der Waals surface area contributed by atoms with E-state index in [0.717, 1.165) is 34.2 Å². The minimum absolute atomic E-state index is 0.103. The van der Waals surface area contributed by atoms with E-state index in [1.807, 2.05) is 48.7 Å². The molecule has 0 bridgehead atoms. The average Bonchev–Trinajstić information content (AvgIpc) is 2.61. The third-order valence-corrected chi connectivity index (χ3v) is 4.83. The van der Waals surface area contributed by atoms with Crippen LogP contribution in [0.15, 0.2) is 60.9 Å². The van der Waals surface area contributed by atoms with Gasteiger partial charge in [0.15, 0.2) is 5.11 Å². The van der Waals surface area contributed by atoms with Crippen molar-refractivity contribution in [2.24, 2.45) is 0 Å². The molecular formula is C21H21N3OS. The molecular weight excluding hydrogens is 342 g/mol. The molecule has 0 radical (unpaired) electrons. The van der Waals surface area contributed by atoms with Gasteiger partial charge in [-0.2, -0.15) is 0 Å². The van der Waals surface area contributed by atoms with Gasteiger partial charge >= 0.3 is 0 Å². The summed E-state index contributed by atoms with van der Waals surface area (Å²) >= 11 is 5.61. The van der Waals surface area contributed by atoms with Crippen LogP contribution < -0.4 is 15.4 Å². The number of pyridine rings is 1. The van der Waals surface area contributed by atoms with Gasteiger partial charge in [-0.1, -0.05) is 30.3 Å². The number of hydrogen-bond acceptors (Lipinski definition) is 3. The quantitative estimate of drug-likeness (QED) is 0.639. The molecule has 0 fully saturated rings. The molecule has 1 aliphatic heterocycles. The molecule has 0 saturated carbocycles. The van der Waals surface area contributed by atoms with Crippen LogP contribution in [-0.2, 0) is 0 Å². The molecule has 4 rings (SSSR count). The highest BCUT2D eigenvalue weighted by Crippen LogP contribution is 2.39. The lowest BCUT2D eigenvalue weighted by molar-refractivity contribution is 0.0697. The van der Waals surface area contributed by atoms with Gasteiger partial charge < -0.3 is 15.4 Å². The number of nitrogens with zero attached hydrogens (tertiary/aromatic N) is 1. The van der Waals surface area contributed by atoms with Gasteiger partial charge in [0.2, 0.25) is 0 Å². The topological polar surface area (TPSA) is 46.2 Å². The van der Waals surface area contributed by atoms with E-state index in [0.29, 0.717) is 5.11 Å². The van der Waals surface area contributed by atoms with Gasteiger partial charge in [0.1, 0.15) is 11.4 Å². The van der Waals surface area contributed by atoms with Crippen molar-refractivity contribution in [2.75, 3.05) is 5.32 Å². The fourth-order valence-corrected chi connectivity index (χ4v) is 3.73. The van der Waals surface area contributed by atoms with Crippen LogP contribution in [0, 0.1) is 0 Å². The molecule has 1 atom stereocenters. The molecule has 0 amide bonds. The number of nitrogens with one attached hydrogen (secondary N) is 2.